The number of H-pyrrole nitrogens is 1. The van der Waals surface area contributed by atoms with E-state index in [0.717, 1.165) is 32.1 Å². The number of rotatable bonds is 10. The van der Waals surface area contributed by atoms with Crippen molar-refractivity contribution in [1.82, 2.24) is 24.2 Å². The number of aromatic nitrogens is 3. The first-order valence-electron chi connectivity index (χ1n) is 13.6. The van der Waals surface area contributed by atoms with Gasteiger partial charge in [-0.2, -0.15) is 27.4 Å². The first kappa shape index (κ1) is 30.3. The van der Waals surface area contributed by atoms with E-state index in [4.69, 9.17) is 14.2 Å². The summed E-state index contributed by atoms with van der Waals surface area (Å²) in [6.07, 6.45) is -2.29. The van der Waals surface area contributed by atoms with Crippen LogP contribution in [0.4, 0.5) is 30.6 Å². The lowest BCUT2D eigenvalue weighted by Crippen LogP contribution is -2.50. The van der Waals surface area contributed by atoms with E-state index in [1.165, 1.54) is 36.7 Å². The van der Waals surface area contributed by atoms with Crippen LogP contribution in [0.25, 0.3) is 11.0 Å². The zero-order valence-electron chi connectivity index (χ0n) is 23.3. The van der Waals surface area contributed by atoms with Gasteiger partial charge >= 0.3 is 6.18 Å². The molecule has 4 heterocycles. The summed E-state index contributed by atoms with van der Waals surface area (Å²) >= 11 is 0. The van der Waals surface area contributed by atoms with Gasteiger partial charge < -0.3 is 29.8 Å². The van der Waals surface area contributed by atoms with Crippen molar-refractivity contribution in [1.29, 1.82) is 0 Å². The van der Waals surface area contributed by atoms with Crippen molar-refractivity contribution in [2.75, 3.05) is 77.4 Å². The number of fused-ring (bicyclic) bond motifs is 1. The monoisotopic (exact) mass is 613 g/mol. The number of methoxy groups -OCH3 is 2. The number of nitrogens with zero attached hydrogens (tertiary/aromatic N) is 4. The lowest BCUT2D eigenvalue weighted by molar-refractivity contribution is -0.136. The Morgan fingerprint density at radius 2 is 1.86 bits per heavy atom. The van der Waals surface area contributed by atoms with E-state index in [1.807, 2.05) is 0 Å². The fourth-order valence-corrected chi connectivity index (χ4v) is 6.79. The molecule has 12 nitrogen and oxygen atoms in total. The molecule has 1 aromatic carbocycles. The van der Waals surface area contributed by atoms with E-state index in [9.17, 15) is 21.6 Å². The Balaban J connectivity index is 1.36. The van der Waals surface area contributed by atoms with Gasteiger partial charge in [0.2, 0.25) is 16.0 Å². The fraction of sp³-hybridized carbons (Fsp3) is 0.538. The maximum atomic E-state index is 13.6. The molecule has 16 heteroatoms. The summed E-state index contributed by atoms with van der Waals surface area (Å²) in [6.45, 7) is 4.39. The maximum absolute atomic E-state index is 13.6. The number of sulfonamides is 1. The molecule has 2 saturated heterocycles. The summed E-state index contributed by atoms with van der Waals surface area (Å²) < 4.78 is 85.2. The smallest absolute Gasteiger partial charge is 0.418 e. The molecule has 2 aliphatic rings. The zero-order valence-corrected chi connectivity index (χ0v) is 24.1. The number of aromatic amines is 1. The molecule has 0 atom stereocenters. The van der Waals surface area contributed by atoms with Gasteiger partial charge in [0.1, 0.15) is 17.2 Å². The number of nitrogens with one attached hydrogen (secondary N) is 3. The minimum atomic E-state index is -4.61. The van der Waals surface area contributed by atoms with Gasteiger partial charge in [0.05, 0.1) is 48.5 Å². The highest BCUT2D eigenvalue weighted by molar-refractivity contribution is 7.89. The van der Waals surface area contributed by atoms with Crippen molar-refractivity contribution >= 4 is 38.5 Å². The number of halogens is 3. The maximum Gasteiger partial charge on any atom is 0.418 e. The number of anilines is 3. The first-order valence-corrected chi connectivity index (χ1v) is 15.0. The fourth-order valence-electron chi connectivity index (χ4n) is 5.31. The molecular weight excluding hydrogens is 579 g/mol. The average molecular weight is 614 g/mol. The predicted molar refractivity (Wildman–Crippen MR) is 150 cm³/mol. The molecule has 0 radical (unpaired) electrons. The Hall–Kier alpha value is -3.18. The number of hydrogen-bond donors (Lipinski definition) is 3. The molecule has 0 saturated carbocycles. The third-order valence-corrected chi connectivity index (χ3v) is 9.37. The summed E-state index contributed by atoms with van der Waals surface area (Å²) in [4.78, 5) is 13.5. The van der Waals surface area contributed by atoms with Gasteiger partial charge in [0.25, 0.3) is 0 Å². The van der Waals surface area contributed by atoms with Crippen molar-refractivity contribution in [3.05, 3.63) is 30.0 Å². The summed E-state index contributed by atoms with van der Waals surface area (Å²) in [5, 5.41) is 5.62. The highest BCUT2D eigenvalue weighted by Crippen LogP contribution is 2.38. The van der Waals surface area contributed by atoms with Gasteiger partial charge in [-0.25, -0.2) is 8.42 Å². The van der Waals surface area contributed by atoms with Crippen LogP contribution in [0, 0.1) is 0 Å². The molecule has 0 bridgehead atoms. The molecule has 0 spiro atoms. The second kappa shape index (κ2) is 12.6. The van der Waals surface area contributed by atoms with E-state index in [-0.39, 0.29) is 46.6 Å². The molecule has 5 rings (SSSR count). The molecule has 0 aliphatic carbocycles. The van der Waals surface area contributed by atoms with Crippen LogP contribution < -0.4 is 15.4 Å². The summed E-state index contributed by atoms with van der Waals surface area (Å²) in [7, 11) is -0.907. The lowest BCUT2D eigenvalue weighted by Gasteiger charge is -2.39. The summed E-state index contributed by atoms with van der Waals surface area (Å²) in [6, 6.07) is 4.73. The van der Waals surface area contributed by atoms with Crippen molar-refractivity contribution in [3.8, 4) is 5.75 Å². The molecule has 42 heavy (non-hydrogen) atoms. The molecule has 2 fully saturated rings. The Morgan fingerprint density at radius 1 is 1.12 bits per heavy atom. The van der Waals surface area contributed by atoms with Gasteiger partial charge in [-0.05, 0) is 25.0 Å². The number of alkyl halides is 3. The second-order valence-corrected chi connectivity index (χ2v) is 11.9. The van der Waals surface area contributed by atoms with Crippen molar-refractivity contribution in [2.45, 2.75) is 30.0 Å². The van der Waals surface area contributed by atoms with E-state index in [0.29, 0.717) is 38.0 Å². The summed E-state index contributed by atoms with van der Waals surface area (Å²) in [5.41, 5.74) is -0.587. The normalized spacial score (nSPS) is 17.9. The van der Waals surface area contributed by atoms with Gasteiger partial charge in [0, 0.05) is 58.1 Å². The Labute approximate surface area is 241 Å². The van der Waals surface area contributed by atoms with Crippen LogP contribution in [0.1, 0.15) is 18.4 Å². The third kappa shape index (κ3) is 6.41. The van der Waals surface area contributed by atoms with Gasteiger partial charge in [0.15, 0.2) is 0 Å². The average Bonchev–Trinajstić information content (AvgIpc) is 3.43. The van der Waals surface area contributed by atoms with Crippen molar-refractivity contribution in [2.24, 2.45) is 0 Å². The number of piperidine rings is 1. The van der Waals surface area contributed by atoms with Crippen LogP contribution >= 0.6 is 0 Å². The number of ether oxygens (including phenoxy) is 3. The van der Waals surface area contributed by atoms with Crippen LogP contribution in [-0.4, -0.2) is 105 Å². The lowest BCUT2D eigenvalue weighted by atomic mass is 10.0. The largest absolute Gasteiger partial charge is 0.495 e. The molecule has 2 aliphatic heterocycles. The minimum Gasteiger partial charge on any atom is -0.495 e. The first-order chi connectivity index (χ1) is 20.1. The SMILES string of the molecule is COCCNc1nc(Nc2ccc(S(=O)(=O)N3CCC(N4CCOCC4)CC3)cc2OC)nc2[nH]cc(C(F)(F)F)c12. The van der Waals surface area contributed by atoms with Crippen molar-refractivity contribution < 1.29 is 35.8 Å². The Kier molecular flexibility index (Phi) is 9.08. The van der Waals surface area contributed by atoms with Gasteiger partial charge in [-0.3, -0.25) is 4.90 Å². The van der Waals surface area contributed by atoms with E-state index in [1.54, 1.807) is 0 Å². The van der Waals surface area contributed by atoms with Gasteiger partial charge in [-0.15, -0.1) is 0 Å². The van der Waals surface area contributed by atoms with Crippen LogP contribution in [-0.2, 0) is 25.7 Å². The summed E-state index contributed by atoms with van der Waals surface area (Å²) in [5.74, 6) is 0.156. The molecule has 0 amide bonds. The Bertz CT molecular complexity index is 1490. The topological polar surface area (TPSA) is 134 Å². The Morgan fingerprint density at radius 3 is 2.52 bits per heavy atom. The molecule has 3 aromatic rings. The highest BCUT2D eigenvalue weighted by Gasteiger charge is 2.36. The second-order valence-electron chi connectivity index (χ2n) is 10.0. The van der Waals surface area contributed by atoms with Crippen LogP contribution in [0.2, 0.25) is 0 Å². The quantitative estimate of drug-likeness (QED) is 0.293. The van der Waals surface area contributed by atoms with E-state index in [2.05, 4.69) is 30.5 Å². The molecule has 2 aromatic heterocycles. The molecular formula is C26H34F3N7O5S. The van der Waals surface area contributed by atoms with Crippen LogP contribution in [0.3, 0.4) is 0 Å². The molecule has 0 unspecified atom stereocenters. The number of morpholine rings is 1. The van der Waals surface area contributed by atoms with E-state index >= 15 is 0 Å². The highest BCUT2D eigenvalue weighted by atomic mass is 32.2. The third-order valence-electron chi connectivity index (χ3n) is 7.48. The molecule has 3 N–H and O–H groups in total. The molecule has 230 valence electrons. The number of hydrogen-bond acceptors (Lipinski definition) is 10. The predicted octanol–water partition coefficient (Wildman–Crippen LogP) is 3.27. The van der Waals surface area contributed by atoms with Gasteiger partial charge in [-0.1, -0.05) is 0 Å². The van der Waals surface area contributed by atoms with E-state index < -0.39 is 21.8 Å². The number of benzene rings is 1. The van der Waals surface area contributed by atoms with Crippen molar-refractivity contribution in [3.63, 3.8) is 0 Å². The zero-order chi connectivity index (χ0) is 29.9. The standard InChI is InChI=1S/C26H34F3N7O5S/c1-39-12-7-30-23-22-19(26(27,28)29)16-31-24(22)34-25(33-23)32-20-4-3-18(15-21(20)40-2)42(37,38)36-8-5-17(6-9-36)35-10-13-41-14-11-35/h3-4,15-17H,5-14H2,1-2H3,(H3,30,31,32,33,34). The van der Waals surface area contributed by atoms with Crippen LogP contribution in [0.15, 0.2) is 29.3 Å². The van der Waals surface area contributed by atoms with Crippen LogP contribution in [0.5, 0.6) is 5.75 Å². The minimum absolute atomic E-state index is 0.0166.